The molecule has 8 heteroatoms. The van der Waals surface area contributed by atoms with Crippen LogP contribution < -0.4 is 4.74 Å². The summed E-state index contributed by atoms with van der Waals surface area (Å²) in [6.07, 6.45) is 0.623. The number of rotatable bonds is 6. The number of amides is 1. The second kappa shape index (κ2) is 9.88. The summed E-state index contributed by atoms with van der Waals surface area (Å²) in [5.41, 5.74) is 0.935. The molecule has 0 saturated heterocycles. The average Bonchev–Trinajstić information content (AvgIpc) is 2.80. The number of ether oxygens (including phenoxy) is 4. The quantitative estimate of drug-likeness (QED) is 0.342. The molecule has 0 unspecified atom stereocenters. The lowest BCUT2D eigenvalue weighted by Crippen LogP contribution is -2.38. The first kappa shape index (κ1) is 22.2. The molecule has 1 aromatic rings. The molecule has 0 spiro atoms. The number of nitrogens with zero attached hydrogens (tertiary/aromatic N) is 1. The van der Waals surface area contributed by atoms with E-state index in [-0.39, 0.29) is 18.7 Å². The van der Waals surface area contributed by atoms with Gasteiger partial charge in [-0.15, -0.1) is 0 Å². The zero-order valence-corrected chi connectivity index (χ0v) is 18.4. The molecule has 0 aliphatic carbocycles. The molecule has 27 heavy (non-hydrogen) atoms. The lowest BCUT2D eigenvalue weighted by atomic mass is 10.0. The van der Waals surface area contributed by atoms with Crippen molar-refractivity contribution in [3.8, 4) is 5.75 Å². The lowest BCUT2D eigenvalue weighted by Gasteiger charge is -2.26. The van der Waals surface area contributed by atoms with E-state index in [0.717, 1.165) is 5.56 Å². The molecule has 0 N–H and O–H groups in total. The van der Waals surface area contributed by atoms with Crippen molar-refractivity contribution in [1.82, 2.24) is 4.90 Å². The van der Waals surface area contributed by atoms with Crippen molar-refractivity contribution in [3.05, 3.63) is 26.6 Å². The normalized spacial score (nSPS) is 14.5. The highest BCUT2D eigenvalue weighted by Crippen LogP contribution is 2.31. The molecule has 1 aliphatic heterocycles. The molecule has 2 rings (SSSR count). The monoisotopic (exact) mass is 495 g/mol. The number of carbonyl (C=O) groups is 1. The van der Waals surface area contributed by atoms with Gasteiger partial charge in [-0.05, 0) is 73.4 Å². The number of fused-ring (bicyclic) bond motifs is 1. The highest BCUT2D eigenvalue weighted by molar-refractivity contribution is 14.1. The standard InChI is InChI=1S/C19H27FINO5/c1-19(2,3)27-18(23)22-7-5-13-11-15(26-12-25-10-9-24-4)17(21)16(20)14(13)6-8-22/h11H,5-10,12H2,1-4H3. The molecular formula is C19H27FINO5. The first-order valence-electron chi connectivity index (χ1n) is 8.90. The minimum Gasteiger partial charge on any atom is -0.466 e. The van der Waals surface area contributed by atoms with Gasteiger partial charge in [-0.1, -0.05) is 0 Å². The molecule has 152 valence electrons. The van der Waals surface area contributed by atoms with Crippen LogP contribution in [0, 0.1) is 9.39 Å². The predicted octanol–water partition coefficient (Wildman–Crippen LogP) is 3.77. The topological polar surface area (TPSA) is 57.2 Å². The molecule has 1 aromatic carbocycles. The predicted molar refractivity (Wildman–Crippen MR) is 108 cm³/mol. The smallest absolute Gasteiger partial charge is 0.410 e. The minimum atomic E-state index is -0.555. The fraction of sp³-hybridized carbons (Fsp3) is 0.632. The second-order valence-electron chi connectivity index (χ2n) is 7.27. The van der Waals surface area contributed by atoms with Crippen molar-refractivity contribution in [2.75, 3.05) is 40.2 Å². The van der Waals surface area contributed by atoms with Gasteiger partial charge in [0.2, 0.25) is 0 Å². The third-order valence-corrected chi connectivity index (χ3v) is 5.04. The summed E-state index contributed by atoms with van der Waals surface area (Å²) in [6, 6.07) is 1.85. The summed E-state index contributed by atoms with van der Waals surface area (Å²) in [5, 5.41) is 0. The molecule has 0 bridgehead atoms. The van der Waals surface area contributed by atoms with Crippen LogP contribution in [0.25, 0.3) is 0 Å². The molecule has 1 aliphatic rings. The molecule has 0 saturated carbocycles. The Kier molecular flexibility index (Phi) is 8.11. The van der Waals surface area contributed by atoms with Crippen molar-refractivity contribution in [3.63, 3.8) is 0 Å². The van der Waals surface area contributed by atoms with E-state index in [0.29, 0.717) is 54.0 Å². The zero-order chi connectivity index (χ0) is 20.0. The van der Waals surface area contributed by atoms with Gasteiger partial charge in [0.25, 0.3) is 0 Å². The van der Waals surface area contributed by atoms with Gasteiger partial charge in [0.15, 0.2) is 6.79 Å². The third kappa shape index (κ3) is 6.46. The van der Waals surface area contributed by atoms with E-state index in [1.165, 1.54) is 0 Å². The van der Waals surface area contributed by atoms with Gasteiger partial charge in [0.05, 0.1) is 16.8 Å². The highest BCUT2D eigenvalue weighted by atomic mass is 127. The van der Waals surface area contributed by atoms with Crippen LogP contribution in [-0.4, -0.2) is 56.8 Å². The number of hydrogen-bond donors (Lipinski definition) is 0. The van der Waals surface area contributed by atoms with Crippen molar-refractivity contribution >= 4 is 28.7 Å². The Morgan fingerprint density at radius 2 is 1.96 bits per heavy atom. The fourth-order valence-electron chi connectivity index (χ4n) is 2.72. The molecule has 0 fully saturated rings. The summed E-state index contributed by atoms with van der Waals surface area (Å²) < 4.78 is 36.5. The Bertz CT molecular complexity index is 662. The Morgan fingerprint density at radius 3 is 2.63 bits per heavy atom. The van der Waals surface area contributed by atoms with E-state index < -0.39 is 5.60 Å². The lowest BCUT2D eigenvalue weighted by molar-refractivity contribution is -0.00902. The van der Waals surface area contributed by atoms with E-state index in [1.54, 1.807) is 12.0 Å². The maximum Gasteiger partial charge on any atom is 0.410 e. The van der Waals surface area contributed by atoms with Gasteiger partial charge in [-0.3, -0.25) is 0 Å². The largest absolute Gasteiger partial charge is 0.466 e. The van der Waals surface area contributed by atoms with Crippen molar-refractivity contribution < 1.29 is 28.1 Å². The van der Waals surface area contributed by atoms with E-state index in [9.17, 15) is 9.18 Å². The molecule has 1 heterocycles. The van der Waals surface area contributed by atoms with Gasteiger partial charge in [-0.25, -0.2) is 9.18 Å². The minimum absolute atomic E-state index is 0.0294. The van der Waals surface area contributed by atoms with Crippen LogP contribution in [0.15, 0.2) is 6.07 Å². The summed E-state index contributed by atoms with van der Waals surface area (Å²) in [6.45, 7) is 7.31. The van der Waals surface area contributed by atoms with Gasteiger partial charge < -0.3 is 23.8 Å². The van der Waals surface area contributed by atoms with Gasteiger partial charge >= 0.3 is 6.09 Å². The third-order valence-electron chi connectivity index (χ3n) is 4.03. The molecule has 6 nitrogen and oxygen atoms in total. The van der Waals surface area contributed by atoms with Crippen molar-refractivity contribution in [2.24, 2.45) is 0 Å². The Balaban J connectivity index is 2.06. The van der Waals surface area contributed by atoms with Crippen molar-refractivity contribution in [2.45, 2.75) is 39.2 Å². The average molecular weight is 495 g/mol. The summed E-state index contributed by atoms with van der Waals surface area (Å²) in [4.78, 5) is 14.0. The van der Waals surface area contributed by atoms with Gasteiger partial charge in [-0.2, -0.15) is 0 Å². The first-order valence-corrected chi connectivity index (χ1v) is 9.98. The number of carbonyl (C=O) groups excluding carboxylic acids is 1. The van der Waals surface area contributed by atoms with Crippen LogP contribution in [0.3, 0.4) is 0 Å². The molecule has 0 radical (unpaired) electrons. The van der Waals surface area contributed by atoms with E-state index in [4.69, 9.17) is 18.9 Å². The van der Waals surface area contributed by atoms with E-state index in [2.05, 4.69) is 0 Å². The zero-order valence-electron chi connectivity index (χ0n) is 16.3. The van der Waals surface area contributed by atoms with Crippen LogP contribution >= 0.6 is 22.6 Å². The second-order valence-corrected chi connectivity index (χ2v) is 8.35. The Hall–Kier alpha value is -1.13. The maximum absolute atomic E-state index is 14.9. The van der Waals surface area contributed by atoms with Crippen LogP contribution in [0.5, 0.6) is 5.75 Å². The molecule has 0 aromatic heterocycles. The molecular weight excluding hydrogens is 468 g/mol. The van der Waals surface area contributed by atoms with Crippen LogP contribution in [0.4, 0.5) is 9.18 Å². The molecule has 1 amide bonds. The number of methoxy groups -OCH3 is 1. The van der Waals surface area contributed by atoms with Gasteiger partial charge in [0, 0.05) is 20.2 Å². The SMILES string of the molecule is COCCOCOc1cc2c(c(F)c1I)CCN(C(=O)OC(C)(C)C)CC2. The maximum atomic E-state index is 14.9. The summed E-state index contributed by atoms with van der Waals surface area (Å²) >= 11 is 1.94. The van der Waals surface area contributed by atoms with Crippen molar-refractivity contribution in [1.29, 1.82) is 0 Å². The number of benzene rings is 1. The van der Waals surface area contributed by atoms with Crippen LogP contribution in [0.1, 0.15) is 31.9 Å². The Labute approximate surface area is 173 Å². The fourth-order valence-corrected chi connectivity index (χ4v) is 3.36. The molecule has 0 atom stereocenters. The van der Waals surface area contributed by atoms with E-state index in [1.807, 2.05) is 49.4 Å². The summed E-state index contributed by atoms with van der Waals surface area (Å²) in [7, 11) is 1.59. The van der Waals surface area contributed by atoms with Gasteiger partial charge in [0.1, 0.15) is 17.2 Å². The Morgan fingerprint density at radius 1 is 1.26 bits per heavy atom. The van der Waals surface area contributed by atoms with E-state index >= 15 is 0 Å². The number of halogens is 2. The van der Waals surface area contributed by atoms with Crippen LogP contribution in [-0.2, 0) is 27.1 Å². The van der Waals surface area contributed by atoms with Crippen LogP contribution in [0.2, 0.25) is 0 Å². The first-order chi connectivity index (χ1) is 12.7. The highest BCUT2D eigenvalue weighted by Gasteiger charge is 2.26. The summed E-state index contributed by atoms with van der Waals surface area (Å²) in [5.74, 6) is 0.168. The number of hydrogen-bond acceptors (Lipinski definition) is 5.